The van der Waals surface area contributed by atoms with Crippen LogP contribution in [0.25, 0.3) is 0 Å². The number of hydrogen-bond donors (Lipinski definition) is 1. The van der Waals surface area contributed by atoms with Crippen LogP contribution in [0.3, 0.4) is 0 Å². The van der Waals surface area contributed by atoms with Crippen LogP contribution in [0.2, 0.25) is 0 Å². The minimum absolute atomic E-state index is 0.169. The van der Waals surface area contributed by atoms with Crippen LogP contribution < -0.4 is 10.2 Å². The molecule has 0 heterocycles. The van der Waals surface area contributed by atoms with E-state index in [0.717, 1.165) is 41.4 Å². The molecule has 0 aliphatic heterocycles. The summed E-state index contributed by atoms with van der Waals surface area (Å²) in [6, 6.07) is 6.65. The summed E-state index contributed by atoms with van der Waals surface area (Å²) in [4.78, 5) is 14.5. The molecule has 1 aliphatic rings. The number of aryl methyl sites for hydroxylation is 1. The van der Waals surface area contributed by atoms with Crippen LogP contribution >= 0.6 is 15.9 Å². The van der Waals surface area contributed by atoms with Crippen molar-refractivity contribution in [2.45, 2.75) is 38.6 Å². The predicted octanol–water partition coefficient (Wildman–Crippen LogP) is 3.50. The fourth-order valence-electron chi connectivity index (χ4n) is 2.97. The SMILES string of the molecule is CNC1CCC(C(=O)N(C)c2cc(Br)ccc2C)CC1. The lowest BCUT2D eigenvalue weighted by atomic mass is 9.85. The summed E-state index contributed by atoms with van der Waals surface area (Å²) in [6.45, 7) is 2.05. The Bertz CT molecular complexity index is 481. The number of rotatable bonds is 3. The highest BCUT2D eigenvalue weighted by molar-refractivity contribution is 9.10. The molecule has 1 aromatic rings. The van der Waals surface area contributed by atoms with Gasteiger partial charge in [0.2, 0.25) is 5.91 Å². The first-order chi connectivity index (χ1) is 9.52. The van der Waals surface area contributed by atoms with E-state index >= 15 is 0 Å². The summed E-state index contributed by atoms with van der Waals surface area (Å²) in [5.74, 6) is 0.420. The van der Waals surface area contributed by atoms with E-state index in [9.17, 15) is 4.79 Å². The average molecular weight is 339 g/mol. The van der Waals surface area contributed by atoms with Crippen molar-refractivity contribution in [3.05, 3.63) is 28.2 Å². The molecule has 1 fully saturated rings. The van der Waals surface area contributed by atoms with Gasteiger partial charge in [-0.1, -0.05) is 22.0 Å². The number of hydrogen-bond acceptors (Lipinski definition) is 2. The largest absolute Gasteiger partial charge is 0.317 e. The van der Waals surface area contributed by atoms with Gasteiger partial charge in [0.05, 0.1) is 0 Å². The number of nitrogens with one attached hydrogen (secondary N) is 1. The number of benzene rings is 1. The molecule has 1 N–H and O–H groups in total. The first kappa shape index (κ1) is 15.5. The molecule has 0 bridgehead atoms. The number of carbonyl (C=O) groups is 1. The van der Waals surface area contributed by atoms with Crippen LogP contribution in [-0.4, -0.2) is 26.0 Å². The van der Waals surface area contributed by atoms with Crippen molar-refractivity contribution >= 4 is 27.5 Å². The van der Waals surface area contributed by atoms with Gasteiger partial charge in [-0.15, -0.1) is 0 Å². The average Bonchev–Trinajstić information content (AvgIpc) is 2.48. The topological polar surface area (TPSA) is 32.3 Å². The van der Waals surface area contributed by atoms with Crippen molar-refractivity contribution < 1.29 is 4.79 Å². The molecular weight excluding hydrogens is 316 g/mol. The normalized spacial score (nSPS) is 22.6. The van der Waals surface area contributed by atoms with Crippen molar-refractivity contribution in [3.63, 3.8) is 0 Å². The van der Waals surface area contributed by atoms with Crippen molar-refractivity contribution in [2.75, 3.05) is 19.0 Å². The fraction of sp³-hybridized carbons (Fsp3) is 0.562. The molecule has 0 aromatic heterocycles. The summed E-state index contributed by atoms with van der Waals surface area (Å²) < 4.78 is 1.01. The molecule has 1 aromatic carbocycles. The molecule has 4 heteroatoms. The highest BCUT2D eigenvalue weighted by Gasteiger charge is 2.28. The fourth-order valence-corrected chi connectivity index (χ4v) is 3.31. The van der Waals surface area contributed by atoms with E-state index in [0.29, 0.717) is 6.04 Å². The third-order valence-electron chi connectivity index (χ3n) is 4.35. The Morgan fingerprint density at radius 2 is 1.95 bits per heavy atom. The van der Waals surface area contributed by atoms with Gasteiger partial charge < -0.3 is 10.2 Å². The summed E-state index contributed by atoms with van der Waals surface area (Å²) >= 11 is 3.48. The Morgan fingerprint density at radius 3 is 2.55 bits per heavy atom. The lowest BCUT2D eigenvalue weighted by molar-refractivity contribution is -0.123. The highest BCUT2D eigenvalue weighted by Crippen LogP contribution is 2.29. The molecule has 0 saturated heterocycles. The van der Waals surface area contributed by atoms with E-state index in [1.165, 1.54) is 0 Å². The standard InChI is InChI=1S/C16H23BrN2O/c1-11-4-7-13(17)10-15(11)19(3)16(20)12-5-8-14(18-2)9-6-12/h4,7,10,12,14,18H,5-6,8-9H2,1-3H3. The summed E-state index contributed by atoms with van der Waals surface area (Å²) in [6.07, 6.45) is 4.17. The van der Waals surface area contributed by atoms with Crippen LogP contribution in [0.1, 0.15) is 31.2 Å². The van der Waals surface area contributed by atoms with E-state index < -0.39 is 0 Å². The van der Waals surface area contributed by atoms with E-state index in [4.69, 9.17) is 0 Å². The Labute approximate surface area is 129 Å². The van der Waals surface area contributed by atoms with Crippen molar-refractivity contribution in [2.24, 2.45) is 5.92 Å². The van der Waals surface area contributed by atoms with Crippen LogP contribution in [0.5, 0.6) is 0 Å². The maximum Gasteiger partial charge on any atom is 0.229 e. The molecule has 3 nitrogen and oxygen atoms in total. The zero-order valence-electron chi connectivity index (χ0n) is 12.4. The molecule has 0 radical (unpaired) electrons. The first-order valence-corrected chi connectivity index (χ1v) is 8.03. The number of carbonyl (C=O) groups excluding carboxylic acids is 1. The van der Waals surface area contributed by atoms with Gasteiger partial charge in [0.25, 0.3) is 0 Å². The lowest BCUT2D eigenvalue weighted by Crippen LogP contribution is -2.38. The highest BCUT2D eigenvalue weighted by atomic mass is 79.9. The number of nitrogens with zero attached hydrogens (tertiary/aromatic N) is 1. The monoisotopic (exact) mass is 338 g/mol. The Kier molecular flexibility index (Phi) is 5.22. The van der Waals surface area contributed by atoms with Gasteiger partial charge in [0.15, 0.2) is 0 Å². The molecule has 2 rings (SSSR count). The molecular formula is C16H23BrN2O. The van der Waals surface area contributed by atoms with Crippen LogP contribution in [-0.2, 0) is 4.79 Å². The zero-order chi connectivity index (χ0) is 14.7. The Morgan fingerprint density at radius 1 is 1.30 bits per heavy atom. The van der Waals surface area contributed by atoms with Gasteiger partial charge in [-0.05, 0) is 57.4 Å². The maximum atomic E-state index is 12.6. The molecule has 110 valence electrons. The molecule has 0 atom stereocenters. The zero-order valence-corrected chi connectivity index (χ0v) is 14.0. The van der Waals surface area contributed by atoms with E-state index in [-0.39, 0.29) is 11.8 Å². The molecule has 1 saturated carbocycles. The minimum Gasteiger partial charge on any atom is -0.317 e. The van der Waals surface area contributed by atoms with Gasteiger partial charge in [0.1, 0.15) is 0 Å². The third kappa shape index (κ3) is 3.41. The molecule has 0 unspecified atom stereocenters. The van der Waals surface area contributed by atoms with Gasteiger partial charge in [0, 0.05) is 29.2 Å². The van der Waals surface area contributed by atoms with Crippen LogP contribution in [0.4, 0.5) is 5.69 Å². The second-order valence-electron chi connectivity index (χ2n) is 5.67. The van der Waals surface area contributed by atoms with Gasteiger partial charge >= 0.3 is 0 Å². The maximum absolute atomic E-state index is 12.6. The van der Waals surface area contributed by atoms with Crippen LogP contribution in [0.15, 0.2) is 22.7 Å². The molecule has 0 spiro atoms. The smallest absolute Gasteiger partial charge is 0.229 e. The molecule has 20 heavy (non-hydrogen) atoms. The van der Waals surface area contributed by atoms with Gasteiger partial charge in [-0.25, -0.2) is 0 Å². The van der Waals surface area contributed by atoms with E-state index in [1.807, 2.05) is 44.1 Å². The lowest BCUT2D eigenvalue weighted by Gasteiger charge is -2.31. The van der Waals surface area contributed by atoms with Gasteiger partial charge in [-0.3, -0.25) is 4.79 Å². The second kappa shape index (κ2) is 6.72. The number of anilines is 1. The molecule has 1 amide bonds. The van der Waals surface area contributed by atoms with Crippen molar-refractivity contribution in [1.29, 1.82) is 0 Å². The number of halogens is 1. The van der Waals surface area contributed by atoms with Crippen LogP contribution in [0, 0.1) is 12.8 Å². The van der Waals surface area contributed by atoms with Gasteiger partial charge in [-0.2, -0.15) is 0 Å². The Balaban J connectivity index is 2.07. The van der Waals surface area contributed by atoms with Crippen molar-refractivity contribution in [1.82, 2.24) is 5.32 Å². The summed E-state index contributed by atoms with van der Waals surface area (Å²) in [5, 5.41) is 3.31. The molecule has 1 aliphatic carbocycles. The third-order valence-corrected chi connectivity index (χ3v) is 4.84. The summed E-state index contributed by atoms with van der Waals surface area (Å²) in [5.41, 5.74) is 2.13. The predicted molar refractivity (Wildman–Crippen MR) is 87.1 cm³/mol. The first-order valence-electron chi connectivity index (χ1n) is 7.24. The van der Waals surface area contributed by atoms with E-state index in [2.05, 4.69) is 21.2 Å². The Hall–Kier alpha value is -0.870. The quantitative estimate of drug-likeness (QED) is 0.914. The summed E-state index contributed by atoms with van der Waals surface area (Å²) in [7, 11) is 3.89. The van der Waals surface area contributed by atoms with E-state index in [1.54, 1.807) is 0 Å². The van der Waals surface area contributed by atoms with Crippen molar-refractivity contribution in [3.8, 4) is 0 Å². The number of amides is 1. The minimum atomic E-state index is 0.169. The second-order valence-corrected chi connectivity index (χ2v) is 6.58.